The highest BCUT2D eigenvalue weighted by Crippen LogP contribution is 2.28. The van der Waals surface area contributed by atoms with E-state index in [4.69, 9.17) is 11.6 Å². The van der Waals surface area contributed by atoms with Crippen LogP contribution in [0.4, 0.5) is 0 Å². The van der Waals surface area contributed by atoms with Crippen LogP contribution in [0.1, 0.15) is 5.56 Å². The third kappa shape index (κ3) is 2.50. The number of hydrogen-bond donors (Lipinski definition) is 0. The van der Waals surface area contributed by atoms with Gasteiger partial charge in [-0.2, -0.15) is 0 Å². The van der Waals surface area contributed by atoms with E-state index in [-0.39, 0.29) is 0 Å². The highest BCUT2D eigenvalue weighted by molar-refractivity contribution is 8.00. The van der Waals surface area contributed by atoms with Gasteiger partial charge in [0.15, 0.2) is 0 Å². The first-order valence-electron chi connectivity index (χ1n) is 4.12. The summed E-state index contributed by atoms with van der Waals surface area (Å²) in [4.78, 5) is 4.03. The fourth-order valence-corrected chi connectivity index (χ4v) is 3.06. The Bertz CT molecular complexity index is 400. The van der Waals surface area contributed by atoms with Crippen LogP contribution in [0.25, 0.3) is 0 Å². The molecule has 2 rings (SSSR count). The number of aromatic nitrogens is 1. The van der Waals surface area contributed by atoms with Crippen LogP contribution in [0.2, 0.25) is 5.15 Å². The SMILES string of the molecule is Clc1ncccc1CSc1cccs1. The molecule has 2 aromatic heterocycles. The molecule has 1 nitrogen and oxygen atoms in total. The summed E-state index contributed by atoms with van der Waals surface area (Å²) < 4.78 is 1.31. The van der Waals surface area contributed by atoms with Gasteiger partial charge in [0.05, 0.1) is 4.21 Å². The zero-order valence-electron chi connectivity index (χ0n) is 7.31. The Hall–Kier alpha value is -0.510. The van der Waals surface area contributed by atoms with Gasteiger partial charge in [-0.1, -0.05) is 23.7 Å². The Morgan fingerprint density at radius 3 is 3.00 bits per heavy atom. The lowest BCUT2D eigenvalue weighted by molar-refractivity contribution is 1.25. The molecule has 0 saturated heterocycles. The maximum atomic E-state index is 5.94. The highest BCUT2D eigenvalue weighted by atomic mass is 35.5. The molecule has 0 unspecified atom stereocenters. The number of halogens is 1. The first kappa shape index (κ1) is 10.0. The lowest BCUT2D eigenvalue weighted by Gasteiger charge is -2.00. The molecule has 0 aliphatic carbocycles. The maximum Gasteiger partial charge on any atom is 0.133 e. The lowest BCUT2D eigenvalue weighted by atomic mass is 10.3. The second kappa shape index (κ2) is 4.82. The number of thiophene rings is 1. The van der Waals surface area contributed by atoms with Gasteiger partial charge >= 0.3 is 0 Å². The molecule has 0 aromatic carbocycles. The number of rotatable bonds is 3. The molecule has 0 atom stereocenters. The molecule has 0 aliphatic rings. The molecule has 0 amide bonds. The predicted molar refractivity (Wildman–Crippen MR) is 63.1 cm³/mol. The van der Waals surface area contributed by atoms with Gasteiger partial charge in [-0.05, 0) is 23.1 Å². The zero-order chi connectivity index (χ0) is 9.80. The number of hydrogen-bond acceptors (Lipinski definition) is 3. The van der Waals surface area contributed by atoms with Crippen LogP contribution in [0.15, 0.2) is 40.1 Å². The Balaban J connectivity index is 2.02. The number of thioether (sulfide) groups is 1. The van der Waals surface area contributed by atoms with E-state index in [0.717, 1.165) is 11.3 Å². The molecule has 0 saturated carbocycles. The van der Waals surface area contributed by atoms with Gasteiger partial charge in [0.25, 0.3) is 0 Å². The summed E-state index contributed by atoms with van der Waals surface area (Å²) in [6.07, 6.45) is 1.71. The quantitative estimate of drug-likeness (QED) is 0.593. The molecule has 0 radical (unpaired) electrons. The van der Waals surface area contributed by atoms with Gasteiger partial charge < -0.3 is 0 Å². The van der Waals surface area contributed by atoms with Crippen molar-refractivity contribution in [1.29, 1.82) is 0 Å². The van der Waals surface area contributed by atoms with Crippen molar-refractivity contribution in [2.75, 3.05) is 0 Å². The summed E-state index contributed by atoms with van der Waals surface area (Å²) in [5.41, 5.74) is 1.09. The van der Waals surface area contributed by atoms with E-state index >= 15 is 0 Å². The minimum atomic E-state index is 0.608. The highest BCUT2D eigenvalue weighted by Gasteiger charge is 2.01. The largest absolute Gasteiger partial charge is 0.244 e. The van der Waals surface area contributed by atoms with Crippen LogP contribution in [0.3, 0.4) is 0 Å². The summed E-state index contributed by atoms with van der Waals surface area (Å²) in [7, 11) is 0. The smallest absolute Gasteiger partial charge is 0.133 e. The van der Waals surface area contributed by atoms with Crippen LogP contribution in [-0.2, 0) is 5.75 Å². The number of nitrogens with zero attached hydrogens (tertiary/aromatic N) is 1. The van der Waals surface area contributed by atoms with Gasteiger partial charge in [-0.3, -0.25) is 0 Å². The number of pyridine rings is 1. The summed E-state index contributed by atoms with van der Waals surface area (Å²) in [6, 6.07) is 8.09. The Kier molecular flexibility index (Phi) is 3.45. The van der Waals surface area contributed by atoms with E-state index in [1.54, 1.807) is 29.3 Å². The first-order chi connectivity index (χ1) is 6.86. The van der Waals surface area contributed by atoms with Gasteiger partial charge in [-0.15, -0.1) is 23.1 Å². The Morgan fingerprint density at radius 1 is 1.36 bits per heavy atom. The molecular formula is C10H8ClNS2. The molecule has 0 fully saturated rings. The van der Waals surface area contributed by atoms with Crippen molar-refractivity contribution < 1.29 is 0 Å². The van der Waals surface area contributed by atoms with Crippen molar-refractivity contribution in [2.45, 2.75) is 9.96 Å². The van der Waals surface area contributed by atoms with Crippen molar-refractivity contribution in [3.05, 3.63) is 46.6 Å². The molecule has 2 heterocycles. The second-order valence-electron chi connectivity index (χ2n) is 2.67. The molecule has 0 aliphatic heterocycles. The van der Waals surface area contributed by atoms with Crippen LogP contribution in [0, 0.1) is 0 Å². The topological polar surface area (TPSA) is 12.9 Å². The maximum absolute atomic E-state index is 5.94. The van der Waals surface area contributed by atoms with Crippen LogP contribution in [0.5, 0.6) is 0 Å². The third-order valence-electron chi connectivity index (χ3n) is 1.70. The van der Waals surface area contributed by atoms with E-state index in [1.165, 1.54) is 4.21 Å². The van der Waals surface area contributed by atoms with Crippen molar-refractivity contribution in [1.82, 2.24) is 4.98 Å². The van der Waals surface area contributed by atoms with Crippen molar-refractivity contribution in [2.24, 2.45) is 0 Å². The van der Waals surface area contributed by atoms with E-state index < -0.39 is 0 Å². The molecule has 14 heavy (non-hydrogen) atoms. The van der Waals surface area contributed by atoms with Crippen LogP contribution < -0.4 is 0 Å². The van der Waals surface area contributed by atoms with E-state index in [0.29, 0.717) is 5.15 Å². The minimum absolute atomic E-state index is 0.608. The molecule has 2 aromatic rings. The monoisotopic (exact) mass is 241 g/mol. The summed E-state index contributed by atoms with van der Waals surface area (Å²) >= 11 is 9.48. The van der Waals surface area contributed by atoms with E-state index in [2.05, 4.69) is 22.5 Å². The van der Waals surface area contributed by atoms with Crippen molar-refractivity contribution in [3.63, 3.8) is 0 Å². The van der Waals surface area contributed by atoms with E-state index in [9.17, 15) is 0 Å². The zero-order valence-corrected chi connectivity index (χ0v) is 9.70. The fraction of sp³-hybridized carbons (Fsp3) is 0.100. The van der Waals surface area contributed by atoms with Gasteiger partial charge in [0.1, 0.15) is 5.15 Å². The second-order valence-corrected chi connectivity index (χ2v) is 5.26. The average Bonchev–Trinajstić information content (AvgIpc) is 2.69. The van der Waals surface area contributed by atoms with Crippen molar-refractivity contribution >= 4 is 34.7 Å². The summed E-state index contributed by atoms with van der Waals surface area (Å²) in [6.45, 7) is 0. The van der Waals surface area contributed by atoms with Gasteiger partial charge in [-0.25, -0.2) is 4.98 Å². The van der Waals surface area contributed by atoms with Crippen LogP contribution >= 0.6 is 34.7 Å². The van der Waals surface area contributed by atoms with Crippen molar-refractivity contribution in [3.8, 4) is 0 Å². The summed E-state index contributed by atoms with van der Waals surface area (Å²) in [5, 5.41) is 2.68. The normalized spacial score (nSPS) is 10.4. The molecular weight excluding hydrogens is 234 g/mol. The molecule has 72 valence electrons. The van der Waals surface area contributed by atoms with Gasteiger partial charge in [0, 0.05) is 11.9 Å². The van der Waals surface area contributed by atoms with E-state index in [1.807, 2.05) is 12.1 Å². The third-order valence-corrected chi connectivity index (χ3v) is 4.22. The average molecular weight is 242 g/mol. The Morgan fingerprint density at radius 2 is 2.29 bits per heavy atom. The predicted octanol–water partition coefficient (Wildman–Crippen LogP) is 4.09. The molecule has 0 N–H and O–H groups in total. The fourth-order valence-electron chi connectivity index (χ4n) is 1.02. The first-order valence-corrected chi connectivity index (χ1v) is 6.36. The standard InChI is InChI=1S/C10H8ClNS2/c11-10-8(3-1-5-12-10)7-14-9-4-2-6-13-9/h1-6H,7H2. The lowest BCUT2D eigenvalue weighted by Crippen LogP contribution is -1.83. The summed E-state index contributed by atoms with van der Waals surface area (Å²) in [5.74, 6) is 0.882. The molecule has 0 spiro atoms. The Labute approximate surface area is 96.1 Å². The molecule has 0 bridgehead atoms. The van der Waals surface area contributed by atoms with Gasteiger partial charge in [0.2, 0.25) is 0 Å². The van der Waals surface area contributed by atoms with Crippen LogP contribution in [-0.4, -0.2) is 4.98 Å². The molecule has 4 heteroatoms. The minimum Gasteiger partial charge on any atom is -0.244 e.